The normalized spacial score (nSPS) is 8.91. The molecule has 3 amide bonds. The van der Waals surface area contributed by atoms with Crippen molar-refractivity contribution in [1.82, 2.24) is 14.7 Å². The van der Waals surface area contributed by atoms with Gasteiger partial charge in [-0.2, -0.15) is 31.6 Å². The average Bonchev–Trinajstić information content (AvgIpc) is 2.82. The summed E-state index contributed by atoms with van der Waals surface area (Å²) in [5.41, 5.74) is -0.632. The Balaban J connectivity index is 3.65. The van der Waals surface area contributed by atoms with Gasteiger partial charge in [0.2, 0.25) is 0 Å². The molecule has 0 aliphatic carbocycles. The topological polar surface area (TPSA) is 204 Å². The van der Waals surface area contributed by atoms with Crippen LogP contribution in [-0.4, -0.2) is 71.7 Å². The second-order valence-electron chi connectivity index (χ2n) is 6.23. The molecule has 162 valence electrons. The summed E-state index contributed by atoms with van der Waals surface area (Å²) < 4.78 is 0. The summed E-state index contributed by atoms with van der Waals surface area (Å²) in [5, 5.41) is 53.6. The van der Waals surface area contributed by atoms with Crippen molar-refractivity contribution in [2.45, 2.75) is 0 Å². The zero-order valence-corrected chi connectivity index (χ0v) is 17.2. The molecule has 0 fully saturated rings. The van der Waals surface area contributed by atoms with E-state index in [2.05, 4.69) is 0 Å². The molecule has 0 spiro atoms. The lowest BCUT2D eigenvalue weighted by molar-refractivity contribution is 0.0791. The quantitative estimate of drug-likeness (QED) is 0.478. The maximum atomic E-state index is 12.9. The Hall–Kier alpha value is -5.43. The van der Waals surface area contributed by atoms with Crippen LogP contribution in [0.15, 0.2) is 18.2 Å². The zero-order valence-electron chi connectivity index (χ0n) is 17.2. The minimum atomic E-state index is -0.818. The summed E-state index contributed by atoms with van der Waals surface area (Å²) in [7, 11) is 0. The van der Waals surface area contributed by atoms with E-state index in [1.807, 2.05) is 0 Å². The van der Waals surface area contributed by atoms with Crippen molar-refractivity contribution in [3.8, 4) is 36.4 Å². The van der Waals surface area contributed by atoms with Gasteiger partial charge in [0, 0.05) is 16.7 Å². The first-order valence-electron chi connectivity index (χ1n) is 9.13. The molecule has 0 radical (unpaired) electrons. The molecule has 12 nitrogen and oxygen atoms in total. The van der Waals surface area contributed by atoms with Crippen LogP contribution < -0.4 is 0 Å². The number of carbonyl (C=O) groups is 3. The fourth-order valence-corrected chi connectivity index (χ4v) is 2.66. The Labute approximate surface area is 189 Å². The number of amides is 3. The van der Waals surface area contributed by atoms with E-state index in [-0.39, 0.29) is 16.7 Å². The highest BCUT2D eigenvalue weighted by molar-refractivity contribution is 6.04. The van der Waals surface area contributed by atoms with Gasteiger partial charge in [0.25, 0.3) is 17.7 Å². The Kier molecular flexibility index (Phi) is 10.1. The van der Waals surface area contributed by atoms with Crippen molar-refractivity contribution in [2.24, 2.45) is 0 Å². The van der Waals surface area contributed by atoms with Gasteiger partial charge in [0.1, 0.15) is 39.3 Å². The van der Waals surface area contributed by atoms with Gasteiger partial charge in [-0.25, -0.2) is 0 Å². The van der Waals surface area contributed by atoms with Crippen LogP contribution in [0.1, 0.15) is 31.1 Å². The van der Waals surface area contributed by atoms with Gasteiger partial charge in [0.15, 0.2) is 0 Å². The highest BCUT2D eigenvalue weighted by Crippen LogP contribution is 2.17. The minimum absolute atomic E-state index is 0.211. The molecule has 1 aromatic rings. The predicted octanol–water partition coefficient (Wildman–Crippen LogP) is 0.155. The van der Waals surface area contributed by atoms with E-state index >= 15 is 0 Å². The maximum absolute atomic E-state index is 12.9. The molecule has 0 aromatic heterocycles. The predicted molar refractivity (Wildman–Crippen MR) is 108 cm³/mol. The Bertz CT molecular complexity index is 974. The fraction of sp³-hybridized carbons (Fsp3) is 0.286. The Morgan fingerprint density at radius 3 is 0.818 bits per heavy atom. The first-order valence-corrected chi connectivity index (χ1v) is 9.13. The van der Waals surface area contributed by atoms with Gasteiger partial charge in [-0.15, -0.1) is 0 Å². The SMILES string of the molecule is N#CCN(CC#N)C(=O)c1cc(C(=O)N(CC#N)CC#N)cc(C(=O)N(CC#N)CC#N)c1. The van der Waals surface area contributed by atoms with Gasteiger partial charge in [-0.05, 0) is 18.2 Å². The van der Waals surface area contributed by atoms with Gasteiger partial charge < -0.3 is 14.7 Å². The number of nitrogens with zero attached hydrogens (tertiary/aromatic N) is 9. The fourth-order valence-electron chi connectivity index (χ4n) is 2.66. The third-order valence-corrected chi connectivity index (χ3v) is 4.10. The molecular weight excluding hydrogens is 426 g/mol. The molecule has 12 heteroatoms. The molecule has 1 rings (SSSR count). The van der Waals surface area contributed by atoms with E-state index in [4.69, 9.17) is 31.6 Å². The molecule has 0 saturated heterocycles. The first-order chi connectivity index (χ1) is 15.9. The lowest BCUT2D eigenvalue weighted by Gasteiger charge is -2.21. The van der Waals surface area contributed by atoms with Crippen LogP contribution in [0.4, 0.5) is 0 Å². The van der Waals surface area contributed by atoms with Crippen molar-refractivity contribution in [1.29, 1.82) is 31.6 Å². The highest BCUT2D eigenvalue weighted by atomic mass is 16.2. The van der Waals surface area contributed by atoms with Crippen LogP contribution in [0, 0.1) is 68.0 Å². The summed E-state index contributed by atoms with van der Waals surface area (Å²) >= 11 is 0. The van der Waals surface area contributed by atoms with Crippen molar-refractivity contribution >= 4 is 17.7 Å². The van der Waals surface area contributed by atoms with Crippen LogP contribution in [0.25, 0.3) is 0 Å². The second-order valence-corrected chi connectivity index (χ2v) is 6.23. The summed E-state index contributed by atoms with van der Waals surface area (Å²) in [4.78, 5) is 41.3. The molecule has 0 unspecified atom stereocenters. The number of benzene rings is 1. The second kappa shape index (κ2) is 13.0. The van der Waals surface area contributed by atoms with Crippen LogP contribution in [-0.2, 0) is 0 Å². The van der Waals surface area contributed by atoms with Gasteiger partial charge >= 0.3 is 0 Å². The van der Waals surface area contributed by atoms with Gasteiger partial charge in [0.05, 0.1) is 36.4 Å². The average molecular weight is 441 g/mol. The lowest BCUT2D eigenvalue weighted by Crippen LogP contribution is -2.35. The van der Waals surface area contributed by atoms with E-state index in [0.717, 1.165) is 32.9 Å². The van der Waals surface area contributed by atoms with Crippen molar-refractivity contribution < 1.29 is 14.4 Å². The molecule has 0 saturated carbocycles. The monoisotopic (exact) mass is 441 g/mol. The Morgan fingerprint density at radius 2 is 0.667 bits per heavy atom. The number of carbonyl (C=O) groups excluding carboxylic acids is 3. The van der Waals surface area contributed by atoms with E-state index < -0.39 is 57.0 Å². The summed E-state index contributed by atoms with van der Waals surface area (Å²) in [6.45, 7) is -2.60. The number of hydrogen-bond donors (Lipinski definition) is 0. The zero-order chi connectivity index (χ0) is 24.8. The first kappa shape index (κ1) is 25.6. The molecule has 0 aliphatic rings. The molecular formula is C21H15N9O3. The van der Waals surface area contributed by atoms with Gasteiger partial charge in [-0.1, -0.05) is 0 Å². The molecule has 0 bridgehead atoms. The maximum Gasteiger partial charge on any atom is 0.255 e. The van der Waals surface area contributed by atoms with E-state index in [1.54, 1.807) is 36.4 Å². The summed E-state index contributed by atoms with van der Waals surface area (Å²) in [5.74, 6) is -2.46. The van der Waals surface area contributed by atoms with E-state index in [9.17, 15) is 14.4 Å². The molecule has 1 aromatic carbocycles. The lowest BCUT2D eigenvalue weighted by atomic mass is 10.0. The largest absolute Gasteiger partial charge is 0.312 e. The Morgan fingerprint density at radius 1 is 0.485 bits per heavy atom. The van der Waals surface area contributed by atoms with Crippen molar-refractivity contribution in [3.63, 3.8) is 0 Å². The van der Waals surface area contributed by atoms with E-state index in [1.165, 1.54) is 0 Å². The molecule has 0 atom stereocenters. The van der Waals surface area contributed by atoms with Crippen molar-refractivity contribution in [3.05, 3.63) is 34.9 Å². The molecule has 0 N–H and O–H groups in total. The number of nitriles is 6. The van der Waals surface area contributed by atoms with Crippen LogP contribution in [0.5, 0.6) is 0 Å². The minimum Gasteiger partial charge on any atom is -0.312 e. The van der Waals surface area contributed by atoms with Crippen LogP contribution in [0.3, 0.4) is 0 Å². The standard InChI is InChI=1S/C21H15N9O3/c22-1-7-28(8-2-23)19(31)16-13-17(20(32)29(9-3-24)10-4-25)15-18(14-16)21(33)30(11-5-26)12-6-27/h13-15H,7-12H2. The molecule has 0 aliphatic heterocycles. The van der Waals surface area contributed by atoms with Crippen molar-refractivity contribution in [2.75, 3.05) is 39.3 Å². The summed E-state index contributed by atoms with van der Waals surface area (Å²) in [6, 6.07) is 13.8. The van der Waals surface area contributed by atoms with E-state index in [0.29, 0.717) is 0 Å². The van der Waals surface area contributed by atoms with Crippen LogP contribution in [0.2, 0.25) is 0 Å². The highest BCUT2D eigenvalue weighted by Gasteiger charge is 2.24. The molecule has 0 heterocycles. The third-order valence-electron chi connectivity index (χ3n) is 4.10. The molecule has 33 heavy (non-hydrogen) atoms. The van der Waals surface area contributed by atoms with Crippen LogP contribution >= 0.6 is 0 Å². The summed E-state index contributed by atoms with van der Waals surface area (Å²) in [6.07, 6.45) is 0. The third kappa shape index (κ3) is 6.80. The number of rotatable bonds is 9. The number of hydrogen-bond acceptors (Lipinski definition) is 9. The van der Waals surface area contributed by atoms with Gasteiger partial charge in [-0.3, -0.25) is 14.4 Å². The smallest absolute Gasteiger partial charge is 0.255 e.